The largest absolute Gasteiger partial charge is 0.443 e. The van der Waals surface area contributed by atoms with Crippen LogP contribution in [0.25, 0.3) is 0 Å². The second kappa shape index (κ2) is 13.2. The first-order valence-electron chi connectivity index (χ1n) is 8.61. The van der Waals surface area contributed by atoms with Gasteiger partial charge in [0.25, 0.3) is 0 Å². The number of alkyl halides is 1. The summed E-state index contributed by atoms with van der Waals surface area (Å²) in [7, 11) is 7.85. The number of ether oxygens (including phenoxy) is 1. The zero-order valence-corrected chi connectivity index (χ0v) is 16.7. The van der Waals surface area contributed by atoms with E-state index in [-0.39, 0.29) is 6.09 Å². The topological polar surface area (TPSA) is 29.5 Å². The van der Waals surface area contributed by atoms with E-state index in [9.17, 15) is 4.79 Å². The van der Waals surface area contributed by atoms with Crippen molar-refractivity contribution in [2.45, 2.75) is 51.4 Å². The van der Waals surface area contributed by atoms with Gasteiger partial charge in [-0.25, -0.2) is 4.79 Å². The van der Waals surface area contributed by atoms with Crippen molar-refractivity contribution in [2.24, 2.45) is 0 Å². The van der Waals surface area contributed by atoms with E-state index in [4.69, 9.17) is 4.74 Å². The van der Waals surface area contributed by atoms with Gasteiger partial charge in [-0.3, -0.25) is 0 Å². The highest BCUT2D eigenvalue weighted by atomic mass is 79.9. The summed E-state index contributed by atoms with van der Waals surface area (Å²) >= 11 is 3.47. The first kappa shape index (κ1) is 21.7. The Morgan fingerprint density at radius 2 is 1.41 bits per heavy atom. The molecule has 0 aromatic heterocycles. The number of unbranched alkanes of at least 4 members (excludes halogenated alkanes) is 7. The fourth-order valence-corrected chi connectivity index (χ4v) is 2.71. The summed E-state index contributed by atoms with van der Waals surface area (Å²) in [6, 6.07) is 0. The van der Waals surface area contributed by atoms with Crippen LogP contribution < -0.4 is 0 Å². The third-order valence-corrected chi connectivity index (χ3v) is 4.50. The summed E-state index contributed by atoms with van der Waals surface area (Å²) in [5.41, 5.74) is 0. The van der Waals surface area contributed by atoms with Crippen molar-refractivity contribution in [2.75, 3.05) is 53.2 Å². The minimum absolute atomic E-state index is 0.250. The molecule has 1 amide bonds. The van der Waals surface area contributed by atoms with Crippen LogP contribution in [0, 0.1) is 0 Å². The first-order valence-corrected chi connectivity index (χ1v) is 9.73. The lowest BCUT2D eigenvalue weighted by Gasteiger charge is -2.29. The molecule has 0 saturated carbocycles. The molecule has 0 aromatic rings. The van der Waals surface area contributed by atoms with Crippen molar-refractivity contribution in [1.29, 1.82) is 0 Å². The zero-order chi connectivity index (χ0) is 16.8. The van der Waals surface area contributed by atoms with Crippen molar-refractivity contribution in [1.82, 2.24) is 4.90 Å². The number of carbonyl (C=O) groups is 1. The van der Waals surface area contributed by atoms with Crippen LogP contribution in [0.1, 0.15) is 51.4 Å². The van der Waals surface area contributed by atoms with E-state index >= 15 is 0 Å². The SMILES string of the molecule is CN(C)C(=O)OCC[N+](C)(C)CCCCCCCCCCBr. The van der Waals surface area contributed by atoms with E-state index in [1.165, 1.54) is 56.3 Å². The molecule has 0 bridgehead atoms. The Morgan fingerprint density at radius 1 is 0.909 bits per heavy atom. The normalized spacial score (nSPS) is 11.5. The van der Waals surface area contributed by atoms with Crippen LogP contribution in [0.5, 0.6) is 0 Å². The second-order valence-corrected chi connectivity index (χ2v) is 7.70. The lowest BCUT2D eigenvalue weighted by Crippen LogP contribution is -2.43. The summed E-state index contributed by atoms with van der Waals surface area (Å²) in [6.07, 6.45) is 10.5. The number of hydrogen-bond donors (Lipinski definition) is 0. The van der Waals surface area contributed by atoms with Crippen LogP contribution in [0.4, 0.5) is 4.79 Å². The zero-order valence-electron chi connectivity index (χ0n) is 15.1. The van der Waals surface area contributed by atoms with Crippen molar-refractivity contribution in [3.63, 3.8) is 0 Å². The Bertz CT molecular complexity index is 284. The maximum Gasteiger partial charge on any atom is 0.409 e. The van der Waals surface area contributed by atoms with Gasteiger partial charge in [0.1, 0.15) is 13.2 Å². The van der Waals surface area contributed by atoms with Gasteiger partial charge in [-0.05, 0) is 19.3 Å². The lowest BCUT2D eigenvalue weighted by atomic mass is 10.1. The van der Waals surface area contributed by atoms with Gasteiger partial charge in [0, 0.05) is 19.4 Å². The van der Waals surface area contributed by atoms with Crippen LogP contribution in [0.3, 0.4) is 0 Å². The molecular formula is C17H36BrN2O2+. The fraction of sp³-hybridized carbons (Fsp3) is 0.941. The maximum atomic E-state index is 11.3. The second-order valence-electron chi connectivity index (χ2n) is 6.91. The number of quaternary nitrogens is 1. The minimum Gasteiger partial charge on any atom is -0.443 e. The Balaban J connectivity index is 3.49. The van der Waals surface area contributed by atoms with Crippen molar-refractivity contribution >= 4 is 22.0 Å². The van der Waals surface area contributed by atoms with E-state index in [0.717, 1.165) is 22.9 Å². The molecule has 0 aromatic carbocycles. The lowest BCUT2D eigenvalue weighted by molar-refractivity contribution is -0.890. The van der Waals surface area contributed by atoms with Gasteiger partial charge in [-0.15, -0.1) is 0 Å². The molecule has 0 unspecified atom stereocenters. The molecule has 0 spiro atoms. The van der Waals surface area contributed by atoms with Crippen LogP contribution in [-0.4, -0.2) is 68.7 Å². The number of nitrogens with zero attached hydrogens (tertiary/aromatic N) is 2. The molecule has 0 fully saturated rings. The van der Waals surface area contributed by atoms with Crippen molar-refractivity contribution in [3.8, 4) is 0 Å². The molecule has 0 aliphatic carbocycles. The number of halogens is 1. The molecule has 0 rings (SSSR count). The molecule has 22 heavy (non-hydrogen) atoms. The average molecular weight is 380 g/mol. The summed E-state index contributed by atoms with van der Waals surface area (Å²) in [5, 5.41) is 1.14. The van der Waals surface area contributed by atoms with E-state index in [2.05, 4.69) is 30.0 Å². The van der Waals surface area contributed by atoms with Gasteiger partial charge in [0.2, 0.25) is 0 Å². The molecule has 132 valence electrons. The number of rotatable bonds is 13. The predicted octanol–water partition coefficient (Wildman–Crippen LogP) is 4.28. The highest BCUT2D eigenvalue weighted by molar-refractivity contribution is 9.09. The van der Waals surface area contributed by atoms with Crippen LogP contribution in [0.2, 0.25) is 0 Å². The van der Waals surface area contributed by atoms with Crippen LogP contribution >= 0.6 is 15.9 Å². The third kappa shape index (κ3) is 13.4. The summed E-state index contributed by atoms with van der Waals surface area (Å²) in [6.45, 7) is 2.53. The fourth-order valence-electron chi connectivity index (χ4n) is 2.32. The van der Waals surface area contributed by atoms with E-state index in [1.54, 1.807) is 14.1 Å². The van der Waals surface area contributed by atoms with Crippen molar-refractivity contribution in [3.05, 3.63) is 0 Å². The molecule has 0 heterocycles. The molecule has 0 aliphatic heterocycles. The van der Waals surface area contributed by atoms with E-state index in [0.29, 0.717) is 6.61 Å². The molecule has 0 saturated heterocycles. The molecular weight excluding hydrogens is 344 g/mol. The first-order chi connectivity index (χ1) is 10.4. The quantitative estimate of drug-likeness (QED) is 0.271. The number of carbonyl (C=O) groups excluding carboxylic acids is 1. The summed E-state index contributed by atoms with van der Waals surface area (Å²) in [4.78, 5) is 12.8. The monoisotopic (exact) mass is 379 g/mol. The summed E-state index contributed by atoms with van der Waals surface area (Å²) < 4.78 is 6.12. The highest BCUT2D eigenvalue weighted by Gasteiger charge is 2.15. The maximum absolute atomic E-state index is 11.3. The smallest absolute Gasteiger partial charge is 0.409 e. The van der Waals surface area contributed by atoms with E-state index in [1.807, 2.05) is 0 Å². The molecule has 0 aliphatic rings. The molecule has 0 atom stereocenters. The van der Waals surface area contributed by atoms with Crippen molar-refractivity contribution < 1.29 is 14.0 Å². The Kier molecular flexibility index (Phi) is 13.0. The average Bonchev–Trinajstić information content (AvgIpc) is 2.45. The Morgan fingerprint density at radius 3 is 1.91 bits per heavy atom. The number of likely N-dealkylation sites (N-methyl/N-ethyl adjacent to an activating group) is 1. The molecule has 0 radical (unpaired) electrons. The van der Waals surface area contributed by atoms with Gasteiger partial charge >= 0.3 is 6.09 Å². The standard InChI is InChI=1S/C17H36BrN2O2/c1-19(2)17(21)22-16-15-20(3,4)14-12-10-8-6-5-7-9-11-13-18/h5-16H2,1-4H3/q+1. The van der Waals surface area contributed by atoms with Crippen LogP contribution in [-0.2, 0) is 4.74 Å². The Labute approximate surface area is 145 Å². The highest BCUT2D eigenvalue weighted by Crippen LogP contribution is 2.10. The van der Waals surface area contributed by atoms with Gasteiger partial charge in [0.15, 0.2) is 0 Å². The number of hydrogen-bond acceptors (Lipinski definition) is 2. The predicted molar refractivity (Wildman–Crippen MR) is 97.6 cm³/mol. The molecule has 4 nitrogen and oxygen atoms in total. The Hall–Kier alpha value is -0.290. The van der Waals surface area contributed by atoms with Gasteiger partial charge in [-0.2, -0.15) is 0 Å². The molecule has 0 N–H and O–H groups in total. The van der Waals surface area contributed by atoms with E-state index < -0.39 is 0 Å². The third-order valence-electron chi connectivity index (χ3n) is 3.93. The number of amides is 1. The van der Waals surface area contributed by atoms with Gasteiger partial charge < -0.3 is 14.1 Å². The van der Waals surface area contributed by atoms with Gasteiger partial charge in [-0.1, -0.05) is 48.0 Å². The molecule has 5 heteroatoms. The van der Waals surface area contributed by atoms with Crippen LogP contribution in [0.15, 0.2) is 0 Å². The summed E-state index contributed by atoms with van der Waals surface area (Å²) in [5.74, 6) is 0. The minimum atomic E-state index is -0.250. The van der Waals surface area contributed by atoms with Gasteiger partial charge in [0.05, 0.1) is 20.6 Å².